The number of aliphatic imine (C=N–C) groups is 1. The van der Waals surface area contributed by atoms with Crippen LogP contribution in [0.5, 0.6) is 0 Å². The second-order valence-electron chi connectivity index (χ2n) is 5.60. The van der Waals surface area contributed by atoms with E-state index in [2.05, 4.69) is 53.4 Å². The third-order valence-electron chi connectivity index (χ3n) is 3.51. The molecule has 0 saturated heterocycles. The number of hydrogen-bond acceptors (Lipinski definition) is 2. The molecule has 1 fully saturated rings. The highest BCUT2D eigenvalue weighted by Gasteiger charge is 2.20. The molecule has 0 bridgehead atoms. The molecule has 1 saturated carbocycles. The Morgan fingerprint density at radius 1 is 1.33 bits per heavy atom. The first-order valence-corrected chi connectivity index (χ1v) is 7.90. The van der Waals surface area contributed by atoms with E-state index in [1.165, 1.54) is 18.4 Å². The molecule has 1 aromatic rings. The van der Waals surface area contributed by atoms with Gasteiger partial charge in [0, 0.05) is 26.7 Å². The minimum absolute atomic E-state index is 0.713. The van der Waals surface area contributed by atoms with Gasteiger partial charge in [0.25, 0.3) is 0 Å². The van der Waals surface area contributed by atoms with Gasteiger partial charge in [0.2, 0.25) is 0 Å². The number of hydrogen-bond donors (Lipinski definition) is 1. The number of benzene rings is 1. The number of nitrogens with one attached hydrogen (secondary N) is 1. The lowest BCUT2D eigenvalue weighted by Crippen LogP contribution is -2.38. The molecule has 0 amide bonds. The first-order chi connectivity index (χ1) is 10.3. The van der Waals surface area contributed by atoms with Crippen molar-refractivity contribution in [3.8, 4) is 0 Å². The zero-order valence-corrected chi connectivity index (χ0v) is 13.2. The average Bonchev–Trinajstić information content (AvgIpc) is 3.31. The van der Waals surface area contributed by atoms with E-state index in [0.29, 0.717) is 13.2 Å². The van der Waals surface area contributed by atoms with Crippen molar-refractivity contribution in [3.63, 3.8) is 0 Å². The van der Waals surface area contributed by atoms with Crippen LogP contribution in [0.4, 0.5) is 0 Å². The van der Waals surface area contributed by atoms with Gasteiger partial charge in [-0.2, -0.15) is 0 Å². The molecule has 0 radical (unpaired) electrons. The molecule has 0 heterocycles. The second-order valence-corrected chi connectivity index (χ2v) is 5.60. The molecule has 116 valence electrons. The Balaban J connectivity index is 1.77. The Morgan fingerprint density at radius 3 is 2.76 bits per heavy atom. The molecule has 0 spiro atoms. The van der Waals surface area contributed by atoms with E-state index in [1.54, 1.807) is 0 Å². The Hall–Kier alpha value is -1.55. The number of rotatable bonds is 8. The highest BCUT2D eigenvalue weighted by Crippen LogP contribution is 2.28. The van der Waals surface area contributed by atoms with Crippen LogP contribution in [0.3, 0.4) is 0 Å². The lowest BCUT2D eigenvalue weighted by atomic mass is 10.2. The average molecular weight is 289 g/mol. The standard InChI is InChI=1S/C17H27N3O/c1-3-18-17(19-11-12-21-14-16-9-10-16)20(2)13-15-7-5-4-6-8-15/h4-8,16H,3,9-14H2,1-2H3,(H,18,19). The van der Waals surface area contributed by atoms with Gasteiger partial charge in [-0.25, -0.2) is 0 Å². The predicted octanol–water partition coefficient (Wildman–Crippen LogP) is 2.51. The minimum atomic E-state index is 0.713. The summed E-state index contributed by atoms with van der Waals surface area (Å²) >= 11 is 0. The molecule has 0 unspecified atom stereocenters. The topological polar surface area (TPSA) is 36.9 Å². The van der Waals surface area contributed by atoms with Crippen LogP contribution in [0.25, 0.3) is 0 Å². The SMILES string of the molecule is CCNC(=NCCOCC1CC1)N(C)Cc1ccccc1. The van der Waals surface area contributed by atoms with Crippen molar-refractivity contribution in [2.45, 2.75) is 26.3 Å². The molecule has 0 aromatic heterocycles. The number of ether oxygens (including phenoxy) is 1. The van der Waals surface area contributed by atoms with E-state index in [1.807, 2.05) is 6.07 Å². The quantitative estimate of drug-likeness (QED) is 0.454. The fourth-order valence-electron chi connectivity index (χ4n) is 2.15. The maximum atomic E-state index is 5.63. The predicted molar refractivity (Wildman–Crippen MR) is 87.4 cm³/mol. The van der Waals surface area contributed by atoms with Gasteiger partial charge < -0.3 is 15.0 Å². The van der Waals surface area contributed by atoms with Crippen LogP contribution in [0.2, 0.25) is 0 Å². The Bertz CT molecular complexity index is 429. The summed E-state index contributed by atoms with van der Waals surface area (Å²) in [6.45, 7) is 6.16. The van der Waals surface area contributed by atoms with Gasteiger partial charge in [0.1, 0.15) is 0 Å². The van der Waals surface area contributed by atoms with Crippen molar-refractivity contribution in [2.24, 2.45) is 10.9 Å². The van der Waals surface area contributed by atoms with Crippen LogP contribution in [0, 0.1) is 5.92 Å². The van der Waals surface area contributed by atoms with E-state index in [-0.39, 0.29) is 0 Å². The third-order valence-corrected chi connectivity index (χ3v) is 3.51. The lowest BCUT2D eigenvalue weighted by Gasteiger charge is -2.22. The van der Waals surface area contributed by atoms with Crippen LogP contribution >= 0.6 is 0 Å². The smallest absolute Gasteiger partial charge is 0.194 e. The first-order valence-electron chi connectivity index (χ1n) is 7.90. The van der Waals surface area contributed by atoms with Gasteiger partial charge in [-0.1, -0.05) is 30.3 Å². The Kier molecular flexibility index (Phi) is 6.54. The fraction of sp³-hybridized carbons (Fsp3) is 0.588. The zero-order valence-electron chi connectivity index (χ0n) is 13.2. The highest BCUT2D eigenvalue weighted by molar-refractivity contribution is 5.79. The van der Waals surface area contributed by atoms with Crippen LogP contribution in [-0.2, 0) is 11.3 Å². The molecule has 21 heavy (non-hydrogen) atoms. The fourth-order valence-corrected chi connectivity index (χ4v) is 2.15. The van der Waals surface area contributed by atoms with Crippen LogP contribution in [-0.4, -0.2) is 44.2 Å². The molecular formula is C17H27N3O. The summed E-state index contributed by atoms with van der Waals surface area (Å²) in [7, 11) is 2.07. The lowest BCUT2D eigenvalue weighted by molar-refractivity contribution is 0.131. The third kappa shape index (κ3) is 6.17. The van der Waals surface area contributed by atoms with Crippen molar-refractivity contribution in [3.05, 3.63) is 35.9 Å². The van der Waals surface area contributed by atoms with E-state index >= 15 is 0 Å². The molecule has 4 nitrogen and oxygen atoms in total. The molecule has 4 heteroatoms. The molecule has 1 aromatic carbocycles. The Morgan fingerprint density at radius 2 is 2.10 bits per heavy atom. The van der Waals surface area contributed by atoms with Gasteiger partial charge >= 0.3 is 0 Å². The molecule has 0 aliphatic heterocycles. The summed E-state index contributed by atoms with van der Waals surface area (Å²) < 4.78 is 5.63. The summed E-state index contributed by atoms with van der Waals surface area (Å²) in [6, 6.07) is 10.5. The summed E-state index contributed by atoms with van der Waals surface area (Å²) in [5, 5.41) is 3.34. The van der Waals surface area contributed by atoms with Gasteiger partial charge in [-0.3, -0.25) is 4.99 Å². The van der Waals surface area contributed by atoms with E-state index in [0.717, 1.165) is 31.6 Å². The van der Waals surface area contributed by atoms with Gasteiger partial charge in [-0.15, -0.1) is 0 Å². The van der Waals surface area contributed by atoms with E-state index in [4.69, 9.17) is 4.74 Å². The number of guanidine groups is 1. The van der Waals surface area contributed by atoms with Gasteiger partial charge in [0.15, 0.2) is 5.96 Å². The van der Waals surface area contributed by atoms with Crippen molar-refractivity contribution >= 4 is 5.96 Å². The first kappa shape index (κ1) is 15.8. The largest absolute Gasteiger partial charge is 0.379 e. The van der Waals surface area contributed by atoms with Gasteiger partial charge in [-0.05, 0) is 31.2 Å². The van der Waals surface area contributed by atoms with Crippen LogP contribution in [0.15, 0.2) is 35.3 Å². The normalized spacial score (nSPS) is 15.0. The van der Waals surface area contributed by atoms with Crippen molar-refractivity contribution in [2.75, 3.05) is 33.4 Å². The number of nitrogens with zero attached hydrogens (tertiary/aromatic N) is 2. The van der Waals surface area contributed by atoms with Crippen molar-refractivity contribution in [1.29, 1.82) is 0 Å². The zero-order chi connectivity index (χ0) is 14.9. The monoisotopic (exact) mass is 289 g/mol. The van der Waals surface area contributed by atoms with Crippen molar-refractivity contribution in [1.82, 2.24) is 10.2 Å². The maximum absolute atomic E-state index is 5.63. The van der Waals surface area contributed by atoms with Crippen LogP contribution < -0.4 is 5.32 Å². The summed E-state index contributed by atoms with van der Waals surface area (Å²) in [5.41, 5.74) is 1.29. The minimum Gasteiger partial charge on any atom is -0.379 e. The second kappa shape index (κ2) is 8.67. The molecule has 0 atom stereocenters. The molecular weight excluding hydrogens is 262 g/mol. The summed E-state index contributed by atoms with van der Waals surface area (Å²) in [6.07, 6.45) is 2.68. The van der Waals surface area contributed by atoms with Crippen LogP contribution in [0.1, 0.15) is 25.3 Å². The highest BCUT2D eigenvalue weighted by atomic mass is 16.5. The molecule has 1 aliphatic rings. The maximum Gasteiger partial charge on any atom is 0.194 e. The summed E-state index contributed by atoms with van der Waals surface area (Å²) in [4.78, 5) is 6.79. The Labute approximate surface area is 128 Å². The molecule has 1 aliphatic carbocycles. The van der Waals surface area contributed by atoms with E-state index < -0.39 is 0 Å². The van der Waals surface area contributed by atoms with Crippen molar-refractivity contribution < 1.29 is 4.74 Å². The van der Waals surface area contributed by atoms with E-state index in [9.17, 15) is 0 Å². The summed E-state index contributed by atoms with van der Waals surface area (Å²) in [5.74, 6) is 1.76. The molecule has 1 N–H and O–H groups in total. The van der Waals surface area contributed by atoms with Gasteiger partial charge in [0.05, 0.1) is 13.2 Å². The molecule has 2 rings (SSSR count).